The van der Waals surface area contributed by atoms with Crippen LogP contribution in [0.2, 0.25) is 0 Å². The third-order valence-corrected chi connectivity index (χ3v) is 5.62. The summed E-state index contributed by atoms with van der Waals surface area (Å²) in [7, 11) is -3.91. The molecule has 1 aromatic carbocycles. The Labute approximate surface area is 140 Å². The van der Waals surface area contributed by atoms with Gasteiger partial charge in [-0.1, -0.05) is 0 Å². The number of nitrogens with one attached hydrogen (secondary N) is 2. The van der Waals surface area contributed by atoms with Crippen LogP contribution in [0.15, 0.2) is 23.1 Å². The number of carbonyl (C=O) groups is 2. The highest BCUT2D eigenvalue weighted by Crippen LogP contribution is 2.25. The second-order valence-corrected chi connectivity index (χ2v) is 7.75. The van der Waals surface area contributed by atoms with Gasteiger partial charge in [-0.05, 0) is 49.4 Å². The molecule has 0 aliphatic carbocycles. The quantitative estimate of drug-likeness (QED) is 0.832. The predicted octanol–water partition coefficient (Wildman–Crippen LogP) is 1.34. The Morgan fingerprint density at radius 1 is 1.33 bits per heavy atom. The van der Waals surface area contributed by atoms with E-state index in [-0.39, 0.29) is 23.3 Å². The molecule has 1 saturated heterocycles. The molecule has 24 heavy (non-hydrogen) atoms. The molecular weight excluding hydrogens is 332 g/mol. The highest BCUT2D eigenvalue weighted by atomic mass is 32.2. The lowest BCUT2D eigenvalue weighted by molar-refractivity contribution is -0.120. The van der Waals surface area contributed by atoms with Crippen LogP contribution in [-0.4, -0.2) is 32.9 Å². The number of hydrogen-bond acceptors (Lipinski definition) is 5. The summed E-state index contributed by atoms with van der Waals surface area (Å²) in [5.41, 5.74) is 1.37. The molecule has 7 nitrogen and oxygen atoms in total. The normalized spacial score (nSPS) is 20.3. The molecule has 1 fully saturated rings. The molecule has 2 amide bonds. The third kappa shape index (κ3) is 3.93. The molecule has 2 aliphatic rings. The minimum Gasteiger partial charge on any atom is -0.378 e. The van der Waals surface area contributed by atoms with Gasteiger partial charge >= 0.3 is 0 Å². The average molecular weight is 352 g/mol. The second kappa shape index (κ2) is 6.90. The Morgan fingerprint density at radius 2 is 2.17 bits per heavy atom. The standard InChI is InChI=1S/C16H20N2O5S/c19-15-7-3-11-10-13(5-6-14(11)17-15)24(21,22)18-16(20)8-4-12-2-1-9-23-12/h5-6,10,12H,1-4,7-9H2,(H,17,19)(H,18,20)/t12-/m1/s1. The molecular formula is C16H20N2O5S. The lowest BCUT2D eigenvalue weighted by atomic mass is 10.0. The van der Waals surface area contributed by atoms with E-state index in [2.05, 4.69) is 10.0 Å². The monoisotopic (exact) mass is 352 g/mol. The number of ether oxygens (including phenoxy) is 1. The first-order chi connectivity index (χ1) is 11.4. The number of benzene rings is 1. The van der Waals surface area contributed by atoms with Crippen molar-refractivity contribution in [3.8, 4) is 0 Å². The summed E-state index contributed by atoms with van der Waals surface area (Å²) < 4.78 is 32.2. The van der Waals surface area contributed by atoms with E-state index in [0.29, 0.717) is 31.6 Å². The highest BCUT2D eigenvalue weighted by Gasteiger charge is 2.23. The van der Waals surface area contributed by atoms with Gasteiger partial charge in [0.15, 0.2) is 0 Å². The fourth-order valence-electron chi connectivity index (χ4n) is 2.95. The maximum Gasteiger partial charge on any atom is 0.264 e. The largest absolute Gasteiger partial charge is 0.378 e. The maximum absolute atomic E-state index is 12.3. The summed E-state index contributed by atoms with van der Waals surface area (Å²) in [5, 5.41) is 2.70. The Hall–Kier alpha value is -1.93. The Kier molecular flexibility index (Phi) is 4.86. The van der Waals surface area contributed by atoms with Gasteiger partial charge in [-0.25, -0.2) is 13.1 Å². The Bertz CT molecular complexity index is 754. The Morgan fingerprint density at radius 3 is 2.92 bits per heavy atom. The van der Waals surface area contributed by atoms with E-state index in [0.717, 1.165) is 18.4 Å². The van der Waals surface area contributed by atoms with Crippen molar-refractivity contribution < 1.29 is 22.7 Å². The Balaban J connectivity index is 1.64. The van der Waals surface area contributed by atoms with Gasteiger partial charge in [0.25, 0.3) is 10.0 Å². The van der Waals surface area contributed by atoms with Crippen LogP contribution in [0.1, 0.15) is 37.7 Å². The van der Waals surface area contributed by atoms with Crippen LogP contribution >= 0.6 is 0 Å². The van der Waals surface area contributed by atoms with Gasteiger partial charge in [0.1, 0.15) is 0 Å². The van der Waals surface area contributed by atoms with Crippen molar-refractivity contribution in [1.82, 2.24) is 4.72 Å². The number of aryl methyl sites for hydroxylation is 1. The minimum atomic E-state index is -3.91. The molecule has 1 aromatic rings. The van der Waals surface area contributed by atoms with E-state index >= 15 is 0 Å². The first-order valence-electron chi connectivity index (χ1n) is 8.04. The summed E-state index contributed by atoms with van der Waals surface area (Å²) in [5.74, 6) is -0.614. The van der Waals surface area contributed by atoms with E-state index in [1.165, 1.54) is 12.1 Å². The highest BCUT2D eigenvalue weighted by molar-refractivity contribution is 7.90. The number of fused-ring (bicyclic) bond motifs is 1. The maximum atomic E-state index is 12.3. The summed E-state index contributed by atoms with van der Waals surface area (Å²) in [4.78, 5) is 23.3. The zero-order valence-corrected chi connectivity index (χ0v) is 14.0. The van der Waals surface area contributed by atoms with E-state index in [1.807, 2.05) is 0 Å². The molecule has 2 heterocycles. The zero-order chi connectivity index (χ0) is 17.2. The molecule has 3 rings (SSSR count). The van der Waals surface area contributed by atoms with Crippen molar-refractivity contribution >= 4 is 27.5 Å². The zero-order valence-electron chi connectivity index (χ0n) is 13.2. The second-order valence-electron chi connectivity index (χ2n) is 6.07. The van der Waals surface area contributed by atoms with Crippen LogP contribution in [0.25, 0.3) is 0 Å². The van der Waals surface area contributed by atoms with Gasteiger partial charge in [0.2, 0.25) is 11.8 Å². The average Bonchev–Trinajstić information content (AvgIpc) is 3.05. The summed E-state index contributed by atoms with van der Waals surface area (Å²) in [6.45, 7) is 0.705. The molecule has 0 bridgehead atoms. The molecule has 0 aromatic heterocycles. The van der Waals surface area contributed by atoms with Crippen molar-refractivity contribution in [2.45, 2.75) is 49.5 Å². The third-order valence-electron chi connectivity index (χ3n) is 4.25. The predicted molar refractivity (Wildman–Crippen MR) is 86.9 cm³/mol. The number of amides is 2. The van der Waals surface area contributed by atoms with Crippen LogP contribution in [0.4, 0.5) is 5.69 Å². The number of sulfonamides is 1. The topological polar surface area (TPSA) is 102 Å². The van der Waals surface area contributed by atoms with Crippen LogP contribution in [0, 0.1) is 0 Å². The van der Waals surface area contributed by atoms with Crippen molar-refractivity contribution in [2.24, 2.45) is 0 Å². The molecule has 8 heteroatoms. The fraction of sp³-hybridized carbons (Fsp3) is 0.500. The molecule has 0 radical (unpaired) electrons. The van der Waals surface area contributed by atoms with Gasteiger partial charge in [0, 0.05) is 25.1 Å². The van der Waals surface area contributed by atoms with Crippen molar-refractivity contribution in [2.75, 3.05) is 11.9 Å². The lowest BCUT2D eigenvalue weighted by Gasteiger charge is -2.17. The van der Waals surface area contributed by atoms with E-state index in [1.54, 1.807) is 6.07 Å². The molecule has 2 aliphatic heterocycles. The van der Waals surface area contributed by atoms with Gasteiger partial charge in [0.05, 0.1) is 11.0 Å². The SMILES string of the molecule is O=C1CCc2cc(S(=O)(=O)NC(=O)CC[C@H]3CCCO3)ccc2N1. The van der Waals surface area contributed by atoms with Crippen molar-refractivity contribution in [3.05, 3.63) is 23.8 Å². The van der Waals surface area contributed by atoms with Gasteiger partial charge in [-0.2, -0.15) is 0 Å². The van der Waals surface area contributed by atoms with Crippen molar-refractivity contribution in [1.29, 1.82) is 0 Å². The fourth-order valence-corrected chi connectivity index (χ4v) is 4.02. The first-order valence-corrected chi connectivity index (χ1v) is 9.52. The smallest absolute Gasteiger partial charge is 0.264 e. The van der Waals surface area contributed by atoms with Gasteiger partial charge in [-0.15, -0.1) is 0 Å². The number of carbonyl (C=O) groups excluding carboxylic acids is 2. The molecule has 0 spiro atoms. The van der Waals surface area contributed by atoms with Crippen LogP contribution in [-0.2, 0) is 30.8 Å². The summed E-state index contributed by atoms with van der Waals surface area (Å²) in [6.07, 6.45) is 3.39. The minimum absolute atomic E-state index is 0.0304. The summed E-state index contributed by atoms with van der Waals surface area (Å²) >= 11 is 0. The number of anilines is 1. The molecule has 1 atom stereocenters. The number of hydrogen-bond donors (Lipinski definition) is 2. The molecule has 2 N–H and O–H groups in total. The van der Waals surface area contributed by atoms with Gasteiger partial charge in [-0.3, -0.25) is 9.59 Å². The lowest BCUT2D eigenvalue weighted by Crippen LogP contribution is -2.31. The molecule has 0 unspecified atom stereocenters. The first kappa shape index (κ1) is 16.9. The molecule has 0 saturated carbocycles. The van der Waals surface area contributed by atoms with Crippen molar-refractivity contribution in [3.63, 3.8) is 0 Å². The van der Waals surface area contributed by atoms with Gasteiger partial charge < -0.3 is 10.1 Å². The van der Waals surface area contributed by atoms with Crippen LogP contribution in [0.3, 0.4) is 0 Å². The molecule has 130 valence electrons. The van der Waals surface area contributed by atoms with E-state index in [9.17, 15) is 18.0 Å². The van der Waals surface area contributed by atoms with Crippen LogP contribution in [0.5, 0.6) is 0 Å². The van der Waals surface area contributed by atoms with E-state index in [4.69, 9.17) is 4.74 Å². The van der Waals surface area contributed by atoms with Crippen LogP contribution < -0.4 is 10.0 Å². The van der Waals surface area contributed by atoms with E-state index < -0.39 is 15.9 Å². The summed E-state index contributed by atoms with van der Waals surface area (Å²) in [6, 6.07) is 4.45. The number of rotatable bonds is 5.